The van der Waals surface area contributed by atoms with E-state index in [1.54, 1.807) is 19.2 Å². The van der Waals surface area contributed by atoms with Gasteiger partial charge in [-0.3, -0.25) is 0 Å². The van der Waals surface area contributed by atoms with Crippen LogP contribution in [0.5, 0.6) is 0 Å². The van der Waals surface area contributed by atoms with Crippen LogP contribution in [0.2, 0.25) is 0 Å². The number of hydrogen-bond donors (Lipinski definition) is 0. The van der Waals surface area contributed by atoms with Gasteiger partial charge in [-0.1, -0.05) is 0 Å². The van der Waals surface area contributed by atoms with Crippen LogP contribution in [0.4, 0.5) is 0 Å². The fraction of sp³-hybridized carbons (Fsp3) is 0.200. The topological polar surface area (TPSA) is 37.1 Å². The summed E-state index contributed by atoms with van der Waals surface area (Å²) in [7, 11) is 0. The van der Waals surface area contributed by atoms with Crippen molar-refractivity contribution in [2.45, 2.75) is 6.92 Å². The molecule has 1 aliphatic heterocycles. The van der Waals surface area contributed by atoms with Crippen LogP contribution >= 0.6 is 0 Å². The summed E-state index contributed by atoms with van der Waals surface area (Å²) in [5.41, 5.74) is 0. The second-order valence-corrected chi connectivity index (χ2v) is 1.32. The minimum Gasteiger partial charge on any atom is -0.239 e. The second-order valence-electron chi connectivity index (χ2n) is 1.32. The van der Waals surface area contributed by atoms with E-state index in [9.17, 15) is 0 Å². The fourth-order valence-electron chi connectivity index (χ4n) is 0.339. The van der Waals surface area contributed by atoms with E-state index in [0.717, 1.165) is 0 Å². The summed E-state index contributed by atoms with van der Waals surface area (Å²) < 4.78 is 0. The highest BCUT2D eigenvalue weighted by Crippen LogP contribution is 1.81. The summed E-state index contributed by atoms with van der Waals surface area (Å²) >= 11 is 0. The minimum absolute atomic E-state index is 0.659. The van der Waals surface area contributed by atoms with E-state index in [-0.39, 0.29) is 0 Å². The van der Waals surface area contributed by atoms with Gasteiger partial charge in [0.1, 0.15) is 5.84 Å². The lowest BCUT2D eigenvalue weighted by molar-refractivity contribution is 1.24. The first-order valence-corrected chi connectivity index (χ1v) is 2.25. The summed E-state index contributed by atoms with van der Waals surface area (Å²) in [6.07, 6.45) is 3.22. The van der Waals surface area contributed by atoms with E-state index in [1.165, 1.54) is 0 Å². The van der Waals surface area contributed by atoms with Crippen LogP contribution in [0.25, 0.3) is 0 Å². The van der Waals surface area contributed by atoms with Gasteiger partial charge in [0.15, 0.2) is 0 Å². The average molecular weight is 107 g/mol. The molecule has 0 aromatic rings. The molecule has 0 spiro atoms. The molecule has 1 heterocycles. The summed E-state index contributed by atoms with van der Waals surface area (Å²) in [4.78, 5) is 3.84. The quantitative estimate of drug-likeness (QED) is 0.435. The number of aliphatic imine (C=N–C) groups is 1. The number of allylic oxidation sites excluding steroid dienone is 1. The van der Waals surface area contributed by atoms with Crippen molar-refractivity contribution in [2.75, 3.05) is 0 Å². The lowest BCUT2D eigenvalue weighted by Crippen LogP contribution is -1.80. The van der Waals surface area contributed by atoms with E-state index in [2.05, 4.69) is 21.1 Å². The van der Waals surface area contributed by atoms with Gasteiger partial charge in [0, 0.05) is 18.2 Å². The predicted octanol–water partition coefficient (Wildman–Crippen LogP) is 0.630. The Morgan fingerprint density at radius 3 is 3.38 bits per heavy atom. The number of amidine groups is 1. The molecule has 0 aliphatic carbocycles. The minimum atomic E-state index is 0.659. The van der Waals surface area contributed by atoms with Crippen molar-refractivity contribution in [3.63, 3.8) is 0 Å². The summed E-state index contributed by atoms with van der Waals surface area (Å²) in [6.45, 7) is 1.78. The first kappa shape index (κ1) is 4.94. The Balaban J connectivity index is 2.90. The van der Waals surface area contributed by atoms with Gasteiger partial charge in [0.05, 0.1) is 0 Å². The van der Waals surface area contributed by atoms with Gasteiger partial charge in [-0.2, -0.15) is 0 Å². The van der Waals surface area contributed by atoms with Crippen LogP contribution in [0.3, 0.4) is 0 Å². The van der Waals surface area contributed by atoms with Crippen molar-refractivity contribution in [2.24, 2.45) is 15.2 Å². The van der Waals surface area contributed by atoms with Gasteiger partial charge in [0.25, 0.3) is 0 Å². The molecule has 0 saturated heterocycles. The Labute approximate surface area is 47.2 Å². The molecule has 0 saturated carbocycles. The molecule has 1 rings (SSSR count). The Morgan fingerprint density at radius 2 is 2.50 bits per heavy atom. The standard InChI is InChI=1S/C5H5N3/c1-5-6-3-2-4-7-8-5/h2-3H,1H3. The smallest absolute Gasteiger partial charge is 0.148 e. The van der Waals surface area contributed by atoms with E-state index in [1.807, 2.05) is 0 Å². The third-order valence-corrected chi connectivity index (χ3v) is 0.663. The normalized spacial score (nSPS) is 15.9. The molecule has 0 aromatic heterocycles. The highest BCUT2D eigenvalue weighted by Gasteiger charge is 1.80. The molecule has 0 amide bonds. The highest BCUT2D eigenvalue weighted by atomic mass is 15.2. The van der Waals surface area contributed by atoms with Gasteiger partial charge < -0.3 is 0 Å². The molecule has 0 radical (unpaired) electrons. The summed E-state index contributed by atoms with van der Waals surface area (Å²) in [6, 6.07) is 0. The fourth-order valence-corrected chi connectivity index (χ4v) is 0.339. The number of rotatable bonds is 0. The molecule has 0 unspecified atom stereocenters. The van der Waals surface area contributed by atoms with Gasteiger partial charge >= 0.3 is 0 Å². The third-order valence-electron chi connectivity index (χ3n) is 0.663. The Kier molecular flexibility index (Phi) is 1.35. The maximum Gasteiger partial charge on any atom is 0.148 e. The van der Waals surface area contributed by atoms with Crippen LogP contribution in [-0.2, 0) is 0 Å². The maximum absolute atomic E-state index is 3.84. The Morgan fingerprint density at radius 1 is 1.62 bits per heavy atom. The van der Waals surface area contributed by atoms with E-state index < -0.39 is 0 Å². The maximum atomic E-state index is 3.84. The summed E-state index contributed by atoms with van der Waals surface area (Å²) in [5, 5.41) is 7.13. The van der Waals surface area contributed by atoms with Crippen molar-refractivity contribution in [1.82, 2.24) is 0 Å². The number of hydrogen-bond acceptors (Lipinski definition) is 3. The lowest BCUT2D eigenvalue weighted by Gasteiger charge is -1.78. The summed E-state index contributed by atoms with van der Waals surface area (Å²) in [5.74, 6) is 3.20. The molecule has 0 atom stereocenters. The molecule has 0 aromatic carbocycles. The average Bonchev–Trinajstić information content (AvgIpc) is 1.94. The van der Waals surface area contributed by atoms with E-state index in [0.29, 0.717) is 5.84 Å². The van der Waals surface area contributed by atoms with Crippen LogP contribution in [-0.4, -0.2) is 17.9 Å². The van der Waals surface area contributed by atoms with Gasteiger partial charge in [0.2, 0.25) is 0 Å². The lowest BCUT2D eigenvalue weighted by atomic mass is 10.6. The van der Waals surface area contributed by atoms with Crippen LogP contribution < -0.4 is 0 Å². The van der Waals surface area contributed by atoms with Crippen LogP contribution in [0.15, 0.2) is 21.3 Å². The van der Waals surface area contributed by atoms with E-state index >= 15 is 0 Å². The SMILES string of the molecule is CC1=NN=C=CC=N1. The van der Waals surface area contributed by atoms with Gasteiger partial charge in [-0.05, 0) is 6.92 Å². The zero-order valence-electron chi connectivity index (χ0n) is 4.50. The van der Waals surface area contributed by atoms with Crippen molar-refractivity contribution in [1.29, 1.82) is 0 Å². The zero-order chi connectivity index (χ0) is 5.82. The molecule has 0 fully saturated rings. The monoisotopic (exact) mass is 107 g/mol. The molecule has 1 aliphatic rings. The van der Waals surface area contributed by atoms with Crippen molar-refractivity contribution in [3.8, 4) is 0 Å². The second kappa shape index (κ2) is 2.19. The Hall–Kier alpha value is -1.21. The third kappa shape index (κ3) is 1.13. The predicted molar refractivity (Wildman–Crippen MR) is 33.6 cm³/mol. The van der Waals surface area contributed by atoms with Crippen molar-refractivity contribution >= 4 is 17.9 Å². The number of nitrogens with zero attached hydrogens (tertiary/aromatic N) is 3. The molecule has 0 bridgehead atoms. The van der Waals surface area contributed by atoms with Crippen LogP contribution in [0, 0.1) is 0 Å². The molecule has 0 N–H and O–H groups in total. The first-order chi connectivity index (χ1) is 3.89. The largest absolute Gasteiger partial charge is 0.239 e. The van der Waals surface area contributed by atoms with Crippen LogP contribution in [0.1, 0.15) is 6.92 Å². The molecule has 8 heavy (non-hydrogen) atoms. The van der Waals surface area contributed by atoms with E-state index in [4.69, 9.17) is 0 Å². The Bertz CT molecular complexity index is 194. The molecular weight excluding hydrogens is 102 g/mol. The first-order valence-electron chi connectivity index (χ1n) is 2.25. The van der Waals surface area contributed by atoms with Crippen molar-refractivity contribution in [3.05, 3.63) is 6.08 Å². The van der Waals surface area contributed by atoms with Crippen molar-refractivity contribution < 1.29 is 0 Å². The zero-order valence-corrected chi connectivity index (χ0v) is 4.50. The molecule has 3 nitrogen and oxygen atoms in total. The molecule has 3 heteroatoms. The van der Waals surface area contributed by atoms with Gasteiger partial charge in [-0.25, -0.2) is 4.99 Å². The van der Waals surface area contributed by atoms with Gasteiger partial charge in [-0.15, -0.1) is 10.2 Å². The highest BCUT2D eigenvalue weighted by molar-refractivity contribution is 5.95. The molecule has 40 valence electrons. The molecular formula is C5H5N3.